The molecule has 3 rings (SSSR count). The summed E-state index contributed by atoms with van der Waals surface area (Å²) in [5, 5.41) is 7.47. The van der Waals surface area contributed by atoms with Gasteiger partial charge in [0.25, 0.3) is 0 Å². The van der Waals surface area contributed by atoms with Crippen LogP contribution < -0.4 is 20.7 Å². The molecule has 10 heteroatoms. The average Bonchev–Trinajstić information content (AvgIpc) is 2.70. The SMILES string of the molecule is CC(=O)Nc1cc(Oc2ccc(NC(=O)NC(=O)C3CCOCC3)nc2C)ccn1. The Bertz CT molecular complexity index is 943. The standard InChI is InChI=1S/C20H23N5O5/c1-12-16(30-15-5-8-21-18(11-15)23-13(2)26)3-4-17(22-12)24-20(28)25-19(27)14-6-9-29-10-7-14/h3-5,8,11,14H,6-7,9-10H2,1-2H3,(H,21,23,26)(H2,22,24,25,27,28). The van der Waals surface area contributed by atoms with Crippen LogP contribution in [0, 0.1) is 12.8 Å². The van der Waals surface area contributed by atoms with E-state index >= 15 is 0 Å². The van der Waals surface area contributed by atoms with Crippen LogP contribution in [0.1, 0.15) is 25.5 Å². The Morgan fingerprint density at radius 3 is 2.57 bits per heavy atom. The molecule has 2 aromatic rings. The van der Waals surface area contributed by atoms with E-state index in [0.717, 1.165) is 0 Å². The highest BCUT2D eigenvalue weighted by Crippen LogP contribution is 2.26. The molecular formula is C20H23N5O5. The van der Waals surface area contributed by atoms with Gasteiger partial charge in [0.15, 0.2) is 0 Å². The second kappa shape index (κ2) is 9.79. The Morgan fingerprint density at radius 1 is 1.10 bits per heavy atom. The number of pyridine rings is 2. The van der Waals surface area contributed by atoms with Crippen molar-refractivity contribution >= 4 is 29.5 Å². The topological polar surface area (TPSA) is 132 Å². The minimum atomic E-state index is -0.638. The van der Waals surface area contributed by atoms with Crippen molar-refractivity contribution in [2.24, 2.45) is 5.92 Å². The second-order valence-corrected chi connectivity index (χ2v) is 6.77. The number of hydrogen-bond acceptors (Lipinski definition) is 7. The van der Waals surface area contributed by atoms with Crippen LogP contribution in [0.4, 0.5) is 16.4 Å². The maximum Gasteiger partial charge on any atom is 0.327 e. The van der Waals surface area contributed by atoms with Gasteiger partial charge in [0.1, 0.15) is 23.1 Å². The summed E-state index contributed by atoms with van der Waals surface area (Å²) in [6.45, 7) is 4.15. The molecule has 3 heterocycles. The fourth-order valence-electron chi connectivity index (χ4n) is 2.90. The van der Waals surface area contributed by atoms with E-state index in [2.05, 4.69) is 25.9 Å². The molecule has 4 amide bonds. The number of anilines is 2. The van der Waals surface area contributed by atoms with E-state index in [-0.39, 0.29) is 23.6 Å². The first-order valence-corrected chi connectivity index (χ1v) is 9.49. The van der Waals surface area contributed by atoms with Gasteiger partial charge in [-0.25, -0.2) is 14.8 Å². The molecule has 1 saturated heterocycles. The molecule has 3 N–H and O–H groups in total. The summed E-state index contributed by atoms with van der Waals surface area (Å²) in [4.78, 5) is 43.7. The molecule has 0 radical (unpaired) electrons. The number of hydrogen-bond donors (Lipinski definition) is 3. The van der Waals surface area contributed by atoms with E-state index in [1.165, 1.54) is 13.1 Å². The number of carbonyl (C=O) groups is 3. The van der Waals surface area contributed by atoms with Crippen LogP contribution in [0.2, 0.25) is 0 Å². The minimum absolute atomic E-state index is 0.224. The third kappa shape index (κ3) is 5.98. The van der Waals surface area contributed by atoms with Gasteiger partial charge in [-0.05, 0) is 38.0 Å². The van der Waals surface area contributed by atoms with Crippen LogP contribution in [0.3, 0.4) is 0 Å². The van der Waals surface area contributed by atoms with Crippen LogP contribution in [0.25, 0.3) is 0 Å². The van der Waals surface area contributed by atoms with Crippen molar-refractivity contribution in [3.63, 3.8) is 0 Å². The first-order valence-electron chi connectivity index (χ1n) is 9.49. The van der Waals surface area contributed by atoms with E-state index in [0.29, 0.717) is 49.1 Å². The van der Waals surface area contributed by atoms with Crippen LogP contribution in [0.15, 0.2) is 30.5 Å². The molecule has 0 atom stereocenters. The van der Waals surface area contributed by atoms with E-state index in [4.69, 9.17) is 9.47 Å². The molecule has 0 unspecified atom stereocenters. The Kier molecular flexibility index (Phi) is 6.91. The molecule has 1 aliphatic heterocycles. The second-order valence-electron chi connectivity index (χ2n) is 6.77. The highest BCUT2D eigenvalue weighted by atomic mass is 16.5. The summed E-state index contributed by atoms with van der Waals surface area (Å²) < 4.78 is 11.0. The van der Waals surface area contributed by atoms with Gasteiger partial charge >= 0.3 is 6.03 Å². The molecular weight excluding hydrogens is 390 g/mol. The third-order valence-electron chi connectivity index (χ3n) is 4.37. The summed E-state index contributed by atoms with van der Waals surface area (Å²) in [5.41, 5.74) is 0.529. The number of ether oxygens (including phenoxy) is 2. The Hall–Kier alpha value is -3.53. The number of urea groups is 1. The lowest BCUT2D eigenvalue weighted by molar-refractivity contribution is -0.126. The van der Waals surface area contributed by atoms with Crippen molar-refractivity contribution in [3.05, 3.63) is 36.2 Å². The van der Waals surface area contributed by atoms with Crippen molar-refractivity contribution in [1.29, 1.82) is 0 Å². The molecule has 0 saturated carbocycles. The normalized spacial score (nSPS) is 13.9. The largest absolute Gasteiger partial charge is 0.455 e. The highest BCUT2D eigenvalue weighted by Gasteiger charge is 2.23. The number of nitrogens with one attached hydrogen (secondary N) is 3. The van der Waals surface area contributed by atoms with Gasteiger partial charge in [0.2, 0.25) is 11.8 Å². The van der Waals surface area contributed by atoms with Gasteiger partial charge in [-0.1, -0.05) is 0 Å². The van der Waals surface area contributed by atoms with Gasteiger partial charge < -0.3 is 14.8 Å². The molecule has 1 fully saturated rings. The number of nitrogens with zero attached hydrogens (tertiary/aromatic N) is 2. The van der Waals surface area contributed by atoms with Gasteiger partial charge in [-0.15, -0.1) is 0 Å². The Balaban J connectivity index is 1.59. The van der Waals surface area contributed by atoms with Crippen molar-refractivity contribution in [3.8, 4) is 11.5 Å². The molecule has 0 spiro atoms. The molecule has 1 aliphatic rings. The molecule has 158 valence electrons. The summed E-state index contributed by atoms with van der Waals surface area (Å²) in [5.74, 6) is 0.818. The number of aromatic nitrogens is 2. The smallest absolute Gasteiger partial charge is 0.327 e. The summed E-state index contributed by atoms with van der Waals surface area (Å²) in [7, 11) is 0. The number of carbonyl (C=O) groups excluding carboxylic acids is 3. The maximum absolute atomic E-state index is 12.1. The number of imide groups is 1. The summed E-state index contributed by atoms with van der Waals surface area (Å²) in [6, 6.07) is 5.81. The fraction of sp³-hybridized carbons (Fsp3) is 0.350. The minimum Gasteiger partial charge on any atom is -0.455 e. The molecule has 30 heavy (non-hydrogen) atoms. The first kappa shape index (κ1) is 21.2. The van der Waals surface area contributed by atoms with E-state index in [1.54, 1.807) is 31.2 Å². The third-order valence-corrected chi connectivity index (χ3v) is 4.37. The lowest BCUT2D eigenvalue weighted by Gasteiger charge is -2.20. The zero-order chi connectivity index (χ0) is 21.5. The Labute approximate surface area is 173 Å². The number of rotatable bonds is 5. The molecule has 10 nitrogen and oxygen atoms in total. The zero-order valence-electron chi connectivity index (χ0n) is 16.7. The van der Waals surface area contributed by atoms with E-state index in [1.807, 2.05) is 0 Å². The van der Waals surface area contributed by atoms with Crippen molar-refractivity contribution in [2.45, 2.75) is 26.7 Å². The average molecular weight is 413 g/mol. The number of aryl methyl sites for hydroxylation is 1. The lowest BCUT2D eigenvalue weighted by Crippen LogP contribution is -2.40. The van der Waals surface area contributed by atoms with Gasteiger partial charge in [0, 0.05) is 38.3 Å². The quantitative estimate of drug-likeness (QED) is 0.686. The Morgan fingerprint density at radius 2 is 1.87 bits per heavy atom. The number of amides is 4. The highest BCUT2D eigenvalue weighted by molar-refractivity contribution is 6.01. The van der Waals surface area contributed by atoms with Crippen molar-refractivity contribution < 1.29 is 23.9 Å². The predicted octanol–water partition coefficient (Wildman–Crippen LogP) is 2.61. The maximum atomic E-state index is 12.1. The molecule has 0 aliphatic carbocycles. The van der Waals surface area contributed by atoms with Gasteiger partial charge in [-0.2, -0.15) is 0 Å². The van der Waals surface area contributed by atoms with Crippen LogP contribution in [-0.2, 0) is 14.3 Å². The lowest BCUT2D eigenvalue weighted by atomic mass is 10.00. The molecule has 0 aromatic carbocycles. The predicted molar refractivity (Wildman–Crippen MR) is 108 cm³/mol. The monoisotopic (exact) mass is 413 g/mol. The molecule has 0 bridgehead atoms. The summed E-state index contributed by atoms with van der Waals surface area (Å²) in [6.07, 6.45) is 2.71. The summed E-state index contributed by atoms with van der Waals surface area (Å²) >= 11 is 0. The van der Waals surface area contributed by atoms with E-state index in [9.17, 15) is 14.4 Å². The van der Waals surface area contributed by atoms with Crippen LogP contribution in [-0.4, -0.2) is 41.0 Å². The van der Waals surface area contributed by atoms with Gasteiger partial charge in [0.05, 0.1) is 5.69 Å². The zero-order valence-corrected chi connectivity index (χ0v) is 16.7. The van der Waals surface area contributed by atoms with Crippen LogP contribution in [0.5, 0.6) is 11.5 Å². The molecule has 2 aromatic heterocycles. The fourth-order valence-corrected chi connectivity index (χ4v) is 2.90. The van der Waals surface area contributed by atoms with Gasteiger partial charge in [-0.3, -0.25) is 20.2 Å². The van der Waals surface area contributed by atoms with E-state index < -0.39 is 6.03 Å². The van der Waals surface area contributed by atoms with Crippen molar-refractivity contribution in [1.82, 2.24) is 15.3 Å². The van der Waals surface area contributed by atoms with Crippen molar-refractivity contribution in [2.75, 3.05) is 23.8 Å². The van der Waals surface area contributed by atoms with Crippen LogP contribution >= 0.6 is 0 Å². The first-order chi connectivity index (χ1) is 14.4.